The minimum atomic E-state index is -0.361. The molecule has 0 amide bonds. The van der Waals surface area contributed by atoms with Gasteiger partial charge in [0.05, 0.1) is 10.4 Å². The molecule has 0 radical (unpaired) electrons. The van der Waals surface area contributed by atoms with Gasteiger partial charge in [0.2, 0.25) is 0 Å². The summed E-state index contributed by atoms with van der Waals surface area (Å²) in [4.78, 5) is 2.23. The lowest BCUT2D eigenvalue weighted by Crippen LogP contribution is -2.12. The van der Waals surface area contributed by atoms with Gasteiger partial charge in [0.15, 0.2) is 0 Å². The number of rotatable bonds is 5. The number of thiophene rings is 1. The Morgan fingerprint density at radius 3 is 2.44 bits per heavy atom. The molecule has 0 saturated heterocycles. The fraction of sp³-hybridized carbons (Fsp3) is 0.231. The lowest BCUT2D eigenvalue weighted by molar-refractivity contribution is 0.201. The molecule has 1 nitrogen and oxygen atoms in total. The molecule has 0 spiro atoms. The first-order valence-corrected chi connectivity index (χ1v) is 8.00. The Morgan fingerprint density at radius 2 is 1.83 bits per heavy atom. The van der Waals surface area contributed by atoms with E-state index in [0.29, 0.717) is 12.2 Å². The molecule has 1 unspecified atom stereocenters. The third-order valence-corrected chi connectivity index (χ3v) is 4.98. The van der Waals surface area contributed by atoms with Gasteiger partial charge in [-0.15, -0.1) is 23.1 Å². The molecule has 2 aromatic rings. The molecule has 1 N–H and O–H groups in total. The fourth-order valence-corrected chi connectivity index (χ4v) is 3.59. The van der Waals surface area contributed by atoms with Crippen molar-refractivity contribution in [1.29, 1.82) is 0 Å². The van der Waals surface area contributed by atoms with Crippen LogP contribution in [0.2, 0.25) is 9.36 Å². The second kappa shape index (κ2) is 6.83. The van der Waals surface area contributed by atoms with Crippen LogP contribution in [-0.4, -0.2) is 17.0 Å². The summed E-state index contributed by atoms with van der Waals surface area (Å²) in [6.45, 7) is 0. The highest BCUT2D eigenvalue weighted by Crippen LogP contribution is 2.25. The second-order valence-electron chi connectivity index (χ2n) is 3.83. The number of hydrogen-bond acceptors (Lipinski definition) is 3. The Bertz CT molecular complexity index is 496. The van der Waals surface area contributed by atoms with E-state index in [9.17, 15) is 5.11 Å². The molecular weight excluding hydrogens is 307 g/mol. The predicted molar refractivity (Wildman–Crippen MR) is 81.2 cm³/mol. The van der Waals surface area contributed by atoms with Gasteiger partial charge in [0.25, 0.3) is 0 Å². The molecule has 0 fully saturated rings. The van der Waals surface area contributed by atoms with E-state index in [1.165, 1.54) is 11.3 Å². The van der Waals surface area contributed by atoms with Gasteiger partial charge in [-0.1, -0.05) is 23.2 Å². The molecule has 1 atom stereocenters. The summed E-state index contributed by atoms with van der Waals surface area (Å²) in [6.07, 6.45) is 0.290. The number of aliphatic hydroxyl groups is 1. The summed E-state index contributed by atoms with van der Waals surface area (Å²) < 4.78 is 0.766. The monoisotopic (exact) mass is 318 g/mol. The molecular formula is C13H12Cl2OS2. The maximum atomic E-state index is 9.94. The summed E-state index contributed by atoms with van der Waals surface area (Å²) in [5, 5.41) is 10.7. The maximum absolute atomic E-state index is 9.94. The molecule has 5 heteroatoms. The van der Waals surface area contributed by atoms with Crippen LogP contribution in [0.3, 0.4) is 0 Å². The van der Waals surface area contributed by atoms with E-state index >= 15 is 0 Å². The molecule has 2 rings (SSSR count). The fourth-order valence-electron chi connectivity index (χ4n) is 1.48. The average molecular weight is 319 g/mol. The number of thioether (sulfide) groups is 1. The number of benzene rings is 1. The number of hydrogen-bond donors (Lipinski definition) is 1. The Labute approximate surface area is 125 Å². The van der Waals surface area contributed by atoms with Gasteiger partial charge in [0.1, 0.15) is 0 Å². The molecule has 1 aromatic carbocycles. The zero-order valence-electron chi connectivity index (χ0n) is 9.48. The number of aliphatic hydroxyl groups excluding tert-OH is 1. The van der Waals surface area contributed by atoms with Crippen molar-refractivity contribution < 1.29 is 5.11 Å². The lowest BCUT2D eigenvalue weighted by Gasteiger charge is -2.08. The van der Waals surface area contributed by atoms with E-state index in [2.05, 4.69) is 0 Å². The maximum Gasteiger partial charge on any atom is 0.0931 e. The Balaban J connectivity index is 1.81. The van der Waals surface area contributed by atoms with Crippen molar-refractivity contribution in [3.63, 3.8) is 0 Å². The van der Waals surface area contributed by atoms with Gasteiger partial charge in [-0.2, -0.15) is 0 Å². The van der Waals surface area contributed by atoms with Crippen LogP contribution in [0, 0.1) is 0 Å². The zero-order valence-corrected chi connectivity index (χ0v) is 12.6. The first-order chi connectivity index (χ1) is 8.63. The molecule has 96 valence electrons. The summed E-state index contributed by atoms with van der Waals surface area (Å²) in [5.41, 5.74) is 0. The quantitative estimate of drug-likeness (QED) is 0.803. The SMILES string of the molecule is OC(CSc1ccc(Cl)cc1)Cc1ccc(Cl)s1. The van der Waals surface area contributed by atoms with Crippen LogP contribution in [0.15, 0.2) is 41.3 Å². The highest BCUT2D eigenvalue weighted by molar-refractivity contribution is 7.99. The van der Waals surface area contributed by atoms with Crippen LogP contribution in [0.1, 0.15) is 4.88 Å². The van der Waals surface area contributed by atoms with Crippen molar-refractivity contribution in [3.8, 4) is 0 Å². The van der Waals surface area contributed by atoms with Gasteiger partial charge in [-0.3, -0.25) is 0 Å². The van der Waals surface area contributed by atoms with Crippen LogP contribution in [0.4, 0.5) is 0 Å². The van der Waals surface area contributed by atoms with Crippen molar-refractivity contribution in [1.82, 2.24) is 0 Å². The van der Waals surface area contributed by atoms with Crippen molar-refractivity contribution in [3.05, 3.63) is 50.6 Å². The second-order valence-corrected chi connectivity index (χ2v) is 7.16. The van der Waals surface area contributed by atoms with E-state index in [1.54, 1.807) is 11.8 Å². The Morgan fingerprint density at radius 1 is 1.11 bits per heavy atom. The normalized spacial score (nSPS) is 12.6. The van der Waals surface area contributed by atoms with E-state index in [0.717, 1.165) is 19.1 Å². The minimum absolute atomic E-state index is 0.361. The lowest BCUT2D eigenvalue weighted by atomic mass is 10.2. The largest absolute Gasteiger partial charge is 0.392 e. The summed E-state index contributed by atoms with van der Waals surface area (Å²) >= 11 is 14.8. The summed E-state index contributed by atoms with van der Waals surface area (Å²) in [7, 11) is 0. The summed E-state index contributed by atoms with van der Waals surface area (Å²) in [6, 6.07) is 11.5. The molecule has 0 bridgehead atoms. The van der Waals surface area contributed by atoms with Crippen molar-refractivity contribution >= 4 is 46.3 Å². The molecule has 0 aliphatic rings. The van der Waals surface area contributed by atoms with E-state index in [-0.39, 0.29) is 6.10 Å². The van der Waals surface area contributed by atoms with Crippen molar-refractivity contribution in [2.45, 2.75) is 17.4 Å². The molecule has 1 aromatic heterocycles. The van der Waals surface area contributed by atoms with Crippen LogP contribution >= 0.6 is 46.3 Å². The molecule has 18 heavy (non-hydrogen) atoms. The molecule has 0 aliphatic heterocycles. The minimum Gasteiger partial charge on any atom is -0.392 e. The third kappa shape index (κ3) is 4.48. The highest BCUT2D eigenvalue weighted by atomic mass is 35.5. The van der Waals surface area contributed by atoms with E-state index in [1.807, 2.05) is 36.4 Å². The van der Waals surface area contributed by atoms with Gasteiger partial charge < -0.3 is 5.11 Å². The van der Waals surface area contributed by atoms with Gasteiger partial charge in [-0.25, -0.2) is 0 Å². The van der Waals surface area contributed by atoms with Crippen molar-refractivity contribution in [2.24, 2.45) is 0 Å². The topological polar surface area (TPSA) is 20.2 Å². The summed E-state index contributed by atoms with van der Waals surface area (Å²) in [5.74, 6) is 0.664. The smallest absolute Gasteiger partial charge is 0.0931 e. The zero-order chi connectivity index (χ0) is 13.0. The highest BCUT2D eigenvalue weighted by Gasteiger charge is 2.08. The first-order valence-electron chi connectivity index (χ1n) is 5.44. The standard InChI is InChI=1S/C13H12Cl2OS2/c14-9-1-3-11(4-2-9)17-8-10(16)7-12-5-6-13(15)18-12/h1-6,10,16H,7-8H2. The average Bonchev–Trinajstić information content (AvgIpc) is 2.74. The Hall–Kier alpha value is -0.190. The Kier molecular flexibility index (Phi) is 5.39. The van der Waals surface area contributed by atoms with Gasteiger partial charge in [0, 0.05) is 27.0 Å². The van der Waals surface area contributed by atoms with Crippen LogP contribution in [0.5, 0.6) is 0 Å². The molecule has 0 aliphatic carbocycles. The van der Waals surface area contributed by atoms with E-state index < -0.39 is 0 Å². The third-order valence-electron chi connectivity index (χ3n) is 2.32. The van der Waals surface area contributed by atoms with Gasteiger partial charge in [-0.05, 0) is 36.4 Å². The van der Waals surface area contributed by atoms with Crippen LogP contribution in [0.25, 0.3) is 0 Å². The van der Waals surface area contributed by atoms with E-state index in [4.69, 9.17) is 23.2 Å². The van der Waals surface area contributed by atoms with Crippen LogP contribution in [-0.2, 0) is 6.42 Å². The predicted octanol–water partition coefficient (Wildman–Crippen LogP) is 4.75. The molecule has 0 saturated carbocycles. The molecule has 1 heterocycles. The van der Waals surface area contributed by atoms with Crippen LogP contribution < -0.4 is 0 Å². The van der Waals surface area contributed by atoms with Crippen molar-refractivity contribution in [2.75, 3.05) is 5.75 Å². The van der Waals surface area contributed by atoms with Gasteiger partial charge >= 0.3 is 0 Å². The number of halogens is 2. The first kappa shape index (κ1) is 14.2.